The number of halogens is 5. The molecule has 2 aliphatic heterocycles. The van der Waals surface area contributed by atoms with Crippen molar-refractivity contribution in [1.29, 1.82) is 0 Å². The molecule has 0 aliphatic carbocycles. The number of piperazine rings is 1. The van der Waals surface area contributed by atoms with Crippen LogP contribution in [0.3, 0.4) is 0 Å². The number of rotatable bonds is 8. The molecule has 208 valence electrons. The molecule has 14 heteroatoms. The Morgan fingerprint density at radius 3 is 2.19 bits per heavy atom. The number of aliphatic carboxylic acids is 1. The van der Waals surface area contributed by atoms with E-state index in [1.807, 2.05) is 0 Å². The Balaban J connectivity index is 0.000000604. The fourth-order valence-corrected chi connectivity index (χ4v) is 3.74. The molecule has 0 bridgehead atoms. The zero-order chi connectivity index (χ0) is 27.4. The minimum Gasteiger partial charge on any atom is -0.475 e. The van der Waals surface area contributed by atoms with Gasteiger partial charge in [-0.15, -0.1) is 0 Å². The highest BCUT2D eigenvalue weighted by Crippen LogP contribution is 2.14. The van der Waals surface area contributed by atoms with Gasteiger partial charge in [0, 0.05) is 70.9 Å². The Labute approximate surface area is 211 Å². The molecule has 2 saturated heterocycles. The Bertz CT molecular complexity index is 906. The predicted molar refractivity (Wildman–Crippen MR) is 122 cm³/mol. The average molecular weight is 539 g/mol. The number of morpholine rings is 1. The van der Waals surface area contributed by atoms with Crippen molar-refractivity contribution in [3.05, 3.63) is 35.4 Å². The average Bonchev–Trinajstić information content (AvgIpc) is 2.88. The van der Waals surface area contributed by atoms with Gasteiger partial charge in [0.05, 0.1) is 13.2 Å². The SMILES string of the molecule is O=C(CCN(CCCN1CCOCC1)C(=O)c1ccc(F)c(F)c1)N1CCNCC1.O=C(O)C(F)(F)F. The molecule has 2 fully saturated rings. The first-order chi connectivity index (χ1) is 17.5. The standard InChI is InChI=1S/C21H30F2N4O3.C2HF3O2/c22-18-3-2-17(16-19(18)23)21(29)27(8-1-7-25-12-14-30-15-13-25)9-4-20(28)26-10-5-24-6-11-26;3-2(4,5)1(6)7/h2-3,16,24H,1,4-15H2;(H,6,7). The van der Waals surface area contributed by atoms with Crippen molar-refractivity contribution in [2.45, 2.75) is 19.0 Å². The maximum Gasteiger partial charge on any atom is 0.490 e. The number of benzene rings is 1. The van der Waals surface area contributed by atoms with Crippen LogP contribution in [0, 0.1) is 11.6 Å². The third kappa shape index (κ3) is 10.6. The molecule has 37 heavy (non-hydrogen) atoms. The molecule has 0 spiro atoms. The molecule has 0 aromatic heterocycles. The summed E-state index contributed by atoms with van der Waals surface area (Å²) in [6.07, 6.45) is -4.13. The van der Waals surface area contributed by atoms with E-state index in [-0.39, 0.29) is 30.3 Å². The summed E-state index contributed by atoms with van der Waals surface area (Å²) in [4.78, 5) is 40.0. The Kier molecular flexibility index (Phi) is 12.1. The van der Waals surface area contributed by atoms with Crippen molar-refractivity contribution < 1.29 is 46.2 Å². The maximum atomic E-state index is 13.6. The molecular formula is C23H31F5N4O5. The summed E-state index contributed by atoms with van der Waals surface area (Å²) in [5, 5.41) is 10.3. The number of nitrogens with one attached hydrogen (secondary N) is 1. The number of hydrogen-bond acceptors (Lipinski definition) is 6. The number of carboxylic acids is 1. The Morgan fingerprint density at radius 2 is 1.62 bits per heavy atom. The molecule has 9 nitrogen and oxygen atoms in total. The van der Waals surface area contributed by atoms with Gasteiger partial charge in [0.15, 0.2) is 11.6 Å². The lowest BCUT2D eigenvalue weighted by Crippen LogP contribution is -2.47. The van der Waals surface area contributed by atoms with Gasteiger partial charge < -0.3 is 25.0 Å². The monoisotopic (exact) mass is 538 g/mol. The van der Waals surface area contributed by atoms with Gasteiger partial charge in [-0.1, -0.05) is 0 Å². The second-order valence-corrected chi connectivity index (χ2v) is 8.41. The van der Waals surface area contributed by atoms with Crippen molar-refractivity contribution in [3.8, 4) is 0 Å². The molecule has 2 amide bonds. The second kappa shape index (κ2) is 14.8. The zero-order valence-corrected chi connectivity index (χ0v) is 20.2. The fraction of sp³-hybridized carbons (Fsp3) is 0.609. The molecule has 0 saturated carbocycles. The number of carbonyl (C=O) groups is 3. The van der Waals surface area contributed by atoms with Crippen molar-refractivity contribution >= 4 is 17.8 Å². The first kappa shape index (κ1) is 30.4. The smallest absolute Gasteiger partial charge is 0.475 e. The van der Waals surface area contributed by atoms with Gasteiger partial charge in [0.2, 0.25) is 5.91 Å². The number of hydrogen-bond donors (Lipinski definition) is 2. The fourth-order valence-electron chi connectivity index (χ4n) is 3.74. The minimum atomic E-state index is -5.08. The predicted octanol–water partition coefficient (Wildman–Crippen LogP) is 1.58. The summed E-state index contributed by atoms with van der Waals surface area (Å²) in [5.41, 5.74) is 0.0925. The van der Waals surface area contributed by atoms with Crippen LogP contribution in [0.1, 0.15) is 23.2 Å². The molecule has 0 atom stereocenters. The van der Waals surface area contributed by atoms with Gasteiger partial charge >= 0.3 is 12.1 Å². The lowest BCUT2D eigenvalue weighted by atomic mass is 10.1. The molecule has 2 aliphatic rings. The van der Waals surface area contributed by atoms with Crippen LogP contribution in [0.4, 0.5) is 22.0 Å². The highest BCUT2D eigenvalue weighted by Gasteiger charge is 2.38. The van der Waals surface area contributed by atoms with E-state index in [1.54, 1.807) is 9.80 Å². The highest BCUT2D eigenvalue weighted by atomic mass is 19.4. The quantitative estimate of drug-likeness (QED) is 0.485. The summed E-state index contributed by atoms with van der Waals surface area (Å²) in [6, 6.07) is 3.17. The van der Waals surface area contributed by atoms with Crippen molar-refractivity contribution in [2.24, 2.45) is 0 Å². The van der Waals surface area contributed by atoms with E-state index in [2.05, 4.69) is 10.2 Å². The first-order valence-electron chi connectivity index (χ1n) is 11.8. The van der Waals surface area contributed by atoms with E-state index < -0.39 is 23.8 Å². The van der Waals surface area contributed by atoms with Crippen LogP contribution < -0.4 is 5.32 Å². The minimum absolute atomic E-state index is 0.00719. The van der Waals surface area contributed by atoms with Gasteiger partial charge in [-0.05, 0) is 24.6 Å². The van der Waals surface area contributed by atoms with Gasteiger partial charge in [-0.2, -0.15) is 13.2 Å². The van der Waals surface area contributed by atoms with Crippen LogP contribution in [-0.4, -0.2) is 116 Å². The highest BCUT2D eigenvalue weighted by molar-refractivity contribution is 5.94. The summed E-state index contributed by atoms with van der Waals surface area (Å²) in [5.74, 6) is -5.17. The van der Waals surface area contributed by atoms with Crippen molar-refractivity contribution in [2.75, 3.05) is 72.1 Å². The number of alkyl halides is 3. The maximum absolute atomic E-state index is 13.6. The number of amides is 2. The molecule has 1 aromatic carbocycles. The largest absolute Gasteiger partial charge is 0.490 e. The van der Waals surface area contributed by atoms with E-state index >= 15 is 0 Å². The van der Waals surface area contributed by atoms with E-state index in [4.69, 9.17) is 14.6 Å². The van der Waals surface area contributed by atoms with E-state index in [0.29, 0.717) is 32.8 Å². The molecule has 0 unspecified atom stereocenters. The lowest BCUT2D eigenvalue weighted by molar-refractivity contribution is -0.192. The van der Waals surface area contributed by atoms with Gasteiger partial charge in [-0.25, -0.2) is 13.6 Å². The Morgan fingerprint density at radius 1 is 1.00 bits per heavy atom. The number of carboxylic acid groups (broad SMARTS) is 1. The van der Waals surface area contributed by atoms with Crippen molar-refractivity contribution in [3.63, 3.8) is 0 Å². The van der Waals surface area contributed by atoms with Crippen molar-refractivity contribution in [1.82, 2.24) is 20.0 Å². The van der Waals surface area contributed by atoms with E-state index in [1.165, 1.54) is 6.07 Å². The second-order valence-electron chi connectivity index (χ2n) is 8.41. The van der Waals surface area contributed by atoms with Crippen LogP contribution in [0.15, 0.2) is 18.2 Å². The summed E-state index contributed by atoms with van der Waals surface area (Å²) in [7, 11) is 0. The topological polar surface area (TPSA) is 102 Å². The van der Waals surface area contributed by atoms with Crippen LogP contribution in [-0.2, 0) is 14.3 Å². The molecular weight excluding hydrogens is 507 g/mol. The number of carbonyl (C=O) groups excluding carboxylic acids is 2. The van der Waals surface area contributed by atoms with Gasteiger partial charge in [0.1, 0.15) is 0 Å². The third-order valence-corrected chi connectivity index (χ3v) is 5.77. The molecule has 2 N–H and O–H groups in total. The van der Waals surface area contributed by atoms with Crippen LogP contribution in [0.2, 0.25) is 0 Å². The van der Waals surface area contributed by atoms with Crippen LogP contribution in [0.5, 0.6) is 0 Å². The van der Waals surface area contributed by atoms with E-state index in [9.17, 15) is 31.5 Å². The first-order valence-corrected chi connectivity index (χ1v) is 11.8. The zero-order valence-electron chi connectivity index (χ0n) is 20.2. The molecule has 0 radical (unpaired) electrons. The third-order valence-electron chi connectivity index (χ3n) is 5.77. The summed E-state index contributed by atoms with van der Waals surface area (Å²) >= 11 is 0. The van der Waals surface area contributed by atoms with E-state index in [0.717, 1.165) is 51.3 Å². The molecule has 3 rings (SSSR count). The summed E-state index contributed by atoms with van der Waals surface area (Å²) in [6.45, 7) is 7.50. The van der Waals surface area contributed by atoms with Crippen LogP contribution in [0.25, 0.3) is 0 Å². The Hall–Kier alpha value is -2.84. The van der Waals surface area contributed by atoms with Gasteiger partial charge in [-0.3, -0.25) is 14.5 Å². The molecule has 2 heterocycles. The number of ether oxygens (including phenoxy) is 1. The summed E-state index contributed by atoms with van der Waals surface area (Å²) < 4.78 is 64.0. The lowest BCUT2D eigenvalue weighted by Gasteiger charge is -2.30. The number of nitrogens with zero attached hydrogens (tertiary/aromatic N) is 3. The van der Waals surface area contributed by atoms with Crippen LogP contribution >= 0.6 is 0 Å². The normalized spacial score (nSPS) is 16.5. The molecule has 1 aromatic rings. The van der Waals surface area contributed by atoms with Gasteiger partial charge in [0.25, 0.3) is 5.91 Å².